The van der Waals surface area contributed by atoms with Gasteiger partial charge < -0.3 is 14.5 Å². The Bertz CT molecular complexity index is 858. The molecule has 0 atom stereocenters. The monoisotopic (exact) mass is 356 g/mol. The molecule has 3 aromatic rings. The summed E-state index contributed by atoms with van der Waals surface area (Å²) in [7, 11) is 0. The minimum Gasteiger partial charge on any atom is -0.393 e. The fourth-order valence-electron chi connectivity index (χ4n) is 2.88. The van der Waals surface area contributed by atoms with E-state index in [9.17, 15) is 5.11 Å². The number of pyridine rings is 1. The molecule has 4 rings (SSSR count). The molecular weight excluding hydrogens is 340 g/mol. The molecule has 1 saturated heterocycles. The second-order valence-electron chi connectivity index (χ2n) is 6.06. The summed E-state index contributed by atoms with van der Waals surface area (Å²) in [6.07, 6.45) is 3.08. The highest BCUT2D eigenvalue weighted by Gasteiger charge is 2.18. The summed E-state index contributed by atoms with van der Waals surface area (Å²) in [6.45, 7) is 1.62. The van der Waals surface area contributed by atoms with Crippen LogP contribution in [0.4, 0.5) is 5.82 Å². The van der Waals surface area contributed by atoms with Crippen LogP contribution < -0.4 is 4.90 Å². The lowest BCUT2D eigenvalue weighted by Crippen LogP contribution is -2.36. The van der Waals surface area contributed by atoms with Crippen LogP contribution in [0.1, 0.15) is 12.8 Å². The smallest absolute Gasteiger partial charge is 0.259 e. The average Bonchev–Trinajstić information content (AvgIpc) is 3.13. The number of aliphatic hydroxyl groups is 1. The Morgan fingerprint density at radius 2 is 1.96 bits per heavy atom. The van der Waals surface area contributed by atoms with Crippen LogP contribution in [0.2, 0.25) is 5.02 Å². The lowest BCUT2D eigenvalue weighted by molar-refractivity contribution is 0.145. The largest absolute Gasteiger partial charge is 0.393 e. The molecule has 1 N–H and O–H groups in total. The number of nitrogens with zero attached hydrogens (tertiary/aromatic N) is 4. The number of aliphatic hydroxyl groups excluding tert-OH is 1. The number of halogens is 1. The first-order chi connectivity index (χ1) is 12.2. The zero-order valence-electron chi connectivity index (χ0n) is 13.5. The first-order valence-electron chi connectivity index (χ1n) is 8.18. The third-order valence-electron chi connectivity index (χ3n) is 4.29. The maximum absolute atomic E-state index is 9.60. The van der Waals surface area contributed by atoms with Crippen LogP contribution >= 0.6 is 11.6 Å². The van der Waals surface area contributed by atoms with Gasteiger partial charge in [0.25, 0.3) is 5.89 Å². The minimum absolute atomic E-state index is 0.196. The predicted molar refractivity (Wildman–Crippen MR) is 95.4 cm³/mol. The fraction of sp³-hybridized carbons (Fsp3) is 0.278. The molecule has 2 aromatic heterocycles. The first kappa shape index (κ1) is 16.1. The van der Waals surface area contributed by atoms with Crippen molar-refractivity contribution in [2.24, 2.45) is 0 Å². The predicted octanol–water partition coefficient (Wildman–Crippen LogP) is 3.41. The van der Waals surface area contributed by atoms with Crippen molar-refractivity contribution >= 4 is 17.4 Å². The normalized spacial score (nSPS) is 15.5. The molecule has 25 heavy (non-hydrogen) atoms. The number of anilines is 1. The SMILES string of the molecule is OC1CCN(c2ccc(-c3nc(-c4cccc(Cl)c4)no3)cn2)CC1. The van der Waals surface area contributed by atoms with Crippen LogP contribution in [0.25, 0.3) is 22.8 Å². The van der Waals surface area contributed by atoms with Crippen molar-refractivity contribution in [3.8, 4) is 22.8 Å². The van der Waals surface area contributed by atoms with Crippen LogP contribution in [-0.4, -0.2) is 39.4 Å². The highest BCUT2D eigenvalue weighted by molar-refractivity contribution is 6.30. The third kappa shape index (κ3) is 3.50. The van der Waals surface area contributed by atoms with E-state index >= 15 is 0 Å². The van der Waals surface area contributed by atoms with Crippen LogP contribution in [-0.2, 0) is 0 Å². The molecule has 1 aliphatic heterocycles. The van der Waals surface area contributed by atoms with Crippen molar-refractivity contribution in [2.45, 2.75) is 18.9 Å². The molecule has 3 heterocycles. The topological polar surface area (TPSA) is 75.3 Å². The van der Waals surface area contributed by atoms with Gasteiger partial charge in [-0.2, -0.15) is 4.98 Å². The van der Waals surface area contributed by atoms with Crippen molar-refractivity contribution in [3.63, 3.8) is 0 Å². The standard InChI is InChI=1S/C18H17ClN4O2/c19-14-3-1-2-12(10-14)17-21-18(25-22-17)13-4-5-16(20-11-13)23-8-6-15(24)7-9-23/h1-5,10-11,15,24H,6-9H2. The molecule has 0 bridgehead atoms. The second-order valence-corrected chi connectivity index (χ2v) is 6.49. The number of rotatable bonds is 3. The van der Waals surface area contributed by atoms with E-state index in [0.717, 1.165) is 42.9 Å². The van der Waals surface area contributed by atoms with E-state index in [2.05, 4.69) is 20.0 Å². The van der Waals surface area contributed by atoms with E-state index in [1.807, 2.05) is 24.3 Å². The Labute approximate surface area is 150 Å². The molecule has 7 heteroatoms. The lowest BCUT2D eigenvalue weighted by atomic mass is 10.1. The quantitative estimate of drug-likeness (QED) is 0.775. The van der Waals surface area contributed by atoms with Crippen molar-refractivity contribution in [2.75, 3.05) is 18.0 Å². The highest BCUT2D eigenvalue weighted by Crippen LogP contribution is 2.25. The molecule has 128 valence electrons. The third-order valence-corrected chi connectivity index (χ3v) is 4.53. The molecule has 0 radical (unpaired) electrons. The summed E-state index contributed by atoms with van der Waals surface area (Å²) in [4.78, 5) is 11.1. The van der Waals surface area contributed by atoms with Crippen LogP contribution in [0, 0.1) is 0 Å². The molecule has 0 unspecified atom stereocenters. The molecule has 1 fully saturated rings. The van der Waals surface area contributed by atoms with Gasteiger partial charge in [0.15, 0.2) is 0 Å². The summed E-state index contributed by atoms with van der Waals surface area (Å²) in [6, 6.07) is 11.2. The molecule has 0 spiro atoms. The maximum atomic E-state index is 9.60. The van der Waals surface area contributed by atoms with Crippen molar-refractivity contribution in [3.05, 3.63) is 47.6 Å². The summed E-state index contributed by atoms with van der Waals surface area (Å²) in [5, 5.41) is 14.2. The Kier molecular flexibility index (Phi) is 4.38. The van der Waals surface area contributed by atoms with Crippen LogP contribution in [0.5, 0.6) is 0 Å². The highest BCUT2D eigenvalue weighted by atomic mass is 35.5. The van der Waals surface area contributed by atoms with Gasteiger partial charge in [0, 0.05) is 29.9 Å². The summed E-state index contributed by atoms with van der Waals surface area (Å²) < 4.78 is 5.35. The van der Waals surface area contributed by atoms with Crippen molar-refractivity contribution in [1.29, 1.82) is 0 Å². The summed E-state index contributed by atoms with van der Waals surface area (Å²) in [5.74, 6) is 1.81. The number of aromatic nitrogens is 3. The van der Waals surface area contributed by atoms with Crippen LogP contribution in [0.3, 0.4) is 0 Å². The minimum atomic E-state index is -0.196. The summed E-state index contributed by atoms with van der Waals surface area (Å²) >= 11 is 6.00. The lowest BCUT2D eigenvalue weighted by Gasteiger charge is -2.30. The van der Waals surface area contributed by atoms with Gasteiger partial charge in [-0.3, -0.25) is 0 Å². The molecule has 0 amide bonds. The van der Waals surface area contributed by atoms with Crippen LogP contribution in [0.15, 0.2) is 47.1 Å². The van der Waals surface area contributed by atoms with Gasteiger partial charge in [-0.05, 0) is 37.1 Å². The zero-order valence-corrected chi connectivity index (χ0v) is 14.2. The maximum Gasteiger partial charge on any atom is 0.259 e. The number of piperidine rings is 1. The molecule has 0 saturated carbocycles. The van der Waals surface area contributed by atoms with E-state index in [-0.39, 0.29) is 6.10 Å². The molecule has 1 aromatic carbocycles. The fourth-order valence-corrected chi connectivity index (χ4v) is 3.07. The van der Waals surface area contributed by atoms with E-state index < -0.39 is 0 Å². The Balaban J connectivity index is 1.53. The average molecular weight is 357 g/mol. The van der Waals surface area contributed by atoms with E-state index in [1.165, 1.54) is 0 Å². The molecule has 6 nitrogen and oxygen atoms in total. The number of hydrogen-bond acceptors (Lipinski definition) is 6. The van der Waals surface area contributed by atoms with Gasteiger partial charge in [-0.1, -0.05) is 28.9 Å². The van der Waals surface area contributed by atoms with Gasteiger partial charge in [-0.15, -0.1) is 0 Å². The summed E-state index contributed by atoms with van der Waals surface area (Å²) in [5.41, 5.74) is 1.57. The number of hydrogen-bond donors (Lipinski definition) is 1. The van der Waals surface area contributed by atoms with Gasteiger partial charge >= 0.3 is 0 Å². The Morgan fingerprint density at radius 3 is 2.68 bits per heavy atom. The van der Waals surface area contributed by atoms with E-state index in [0.29, 0.717) is 16.7 Å². The zero-order chi connectivity index (χ0) is 17.2. The Hall–Kier alpha value is -2.44. The van der Waals surface area contributed by atoms with E-state index in [4.69, 9.17) is 16.1 Å². The van der Waals surface area contributed by atoms with Gasteiger partial charge in [0.2, 0.25) is 5.82 Å². The molecular formula is C18H17ClN4O2. The van der Waals surface area contributed by atoms with Crippen molar-refractivity contribution < 1.29 is 9.63 Å². The van der Waals surface area contributed by atoms with Gasteiger partial charge in [0.05, 0.1) is 11.7 Å². The van der Waals surface area contributed by atoms with E-state index in [1.54, 1.807) is 18.3 Å². The Morgan fingerprint density at radius 1 is 1.12 bits per heavy atom. The van der Waals surface area contributed by atoms with Gasteiger partial charge in [0.1, 0.15) is 5.82 Å². The van der Waals surface area contributed by atoms with Gasteiger partial charge in [-0.25, -0.2) is 4.98 Å². The van der Waals surface area contributed by atoms with Crippen molar-refractivity contribution in [1.82, 2.24) is 15.1 Å². The second kappa shape index (κ2) is 6.82. The molecule has 1 aliphatic rings. The molecule has 0 aliphatic carbocycles. The number of benzene rings is 1. The first-order valence-corrected chi connectivity index (χ1v) is 8.56.